The van der Waals surface area contributed by atoms with E-state index in [1.54, 1.807) is 24.3 Å². The number of rotatable bonds is 2. The highest BCUT2D eigenvalue weighted by molar-refractivity contribution is 5.94. The van der Waals surface area contributed by atoms with Crippen LogP contribution in [-0.2, 0) is 0 Å². The Morgan fingerprint density at radius 2 is 1.81 bits per heavy atom. The van der Waals surface area contributed by atoms with Crippen molar-refractivity contribution in [2.45, 2.75) is 25.3 Å². The molecule has 2 aromatic rings. The lowest BCUT2D eigenvalue weighted by molar-refractivity contribution is 0.0735. The minimum absolute atomic E-state index is 0.00380. The molecule has 0 radical (unpaired) electrons. The Morgan fingerprint density at radius 1 is 1.04 bits per heavy atom. The monoisotopic (exact) mass is 348 g/mol. The number of carbonyl (C=O) groups is 1. The maximum atomic E-state index is 13.0. The summed E-state index contributed by atoms with van der Waals surface area (Å²) in [4.78, 5) is 14.9. The Bertz CT molecular complexity index is 855. The van der Waals surface area contributed by atoms with Crippen LogP contribution in [0.2, 0.25) is 0 Å². The van der Waals surface area contributed by atoms with Crippen LogP contribution in [0.4, 0.5) is 0 Å². The summed E-state index contributed by atoms with van der Waals surface area (Å²) < 4.78 is 11.5. The van der Waals surface area contributed by atoms with Gasteiger partial charge in [-0.15, -0.1) is 0 Å². The lowest BCUT2D eigenvalue weighted by Gasteiger charge is -2.26. The van der Waals surface area contributed by atoms with Crippen molar-refractivity contribution in [2.75, 3.05) is 19.8 Å². The molecular weight excluding hydrogens is 328 g/mol. The second kappa shape index (κ2) is 7.09. The Morgan fingerprint density at radius 3 is 2.58 bits per heavy atom. The molecule has 5 heteroatoms. The topological polar surface area (TPSA) is 62.6 Å². The minimum atomic E-state index is 0.00380. The van der Waals surface area contributed by atoms with Crippen molar-refractivity contribution in [1.29, 1.82) is 5.26 Å². The summed E-state index contributed by atoms with van der Waals surface area (Å²) in [6.07, 6.45) is 2.78. The lowest BCUT2D eigenvalue weighted by Crippen LogP contribution is -2.30. The fraction of sp³-hybridized carbons (Fsp3) is 0.333. The second-order valence-electron chi connectivity index (χ2n) is 6.60. The minimum Gasteiger partial charge on any atom is -0.490 e. The molecule has 5 nitrogen and oxygen atoms in total. The molecule has 2 aromatic carbocycles. The van der Waals surface area contributed by atoms with E-state index in [1.807, 2.05) is 23.1 Å². The molecule has 0 N–H and O–H groups in total. The molecule has 0 aromatic heterocycles. The number of carbonyl (C=O) groups excluding carboxylic acids is 1. The lowest BCUT2D eigenvalue weighted by atomic mass is 10.0. The van der Waals surface area contributed by atoms with E-state index in [4.69, 9.17) is 14.7 Å². The molecule has 132 valence electrons. The zero-order chi connectivity index (χ0) is 17.9. The predicted octanol–water partition coefficient (Wildman–Crippen LogP) is 3.70. The average molecular weight is 348 g/mol. The zero-order valence-corrected chi connectivity index (χ0v) is 14.5. The van der Waals surface area contributed by atoms with Crippen molar-refractivity contribution >= 4 is 5.91 Å². The number of hydrogen-bond acceptors (Lipinski definition) is 4. The Balaban J connectivity index is 1.59. The number of hydrogen-bond donors (Lipinski definition) is 0. The van der Waals surface area contributed by atoms with Gasteiger partial charge >= 0.3 is 0 Å². The van der Waals surface area contributed by atoms with Crippen molar-refractivity contribution in [3.05, 3.63) is 59.2 Å². The third kappa shape index (κ3) is 3.11. The van der Waals surface area contributed by atoms with Gasteiger partial charge in [0.15, 0.2) is 11.5 Å². The number of ether oxygens (including phenoxy) is 2. The van der Waals surface area contributed by atoms with Crippen LogP contribution < -0.4 is 9.47 Å². The van der Waals surface area contributed by atoms with Crippen LogP contribution in [0.1, 0.15) is 46.8 Å². The van der Waals surface area contributed by atoms with Gasteiger partial charge in [0.2, 0.25) is 0 Å². The van der Waals surface area contributed by atoms with Gasteiger partial charge in [-0.3, -0.25) is 4.79 Å². The summed E-state index contributed by atoms with van der Waals surface area (Å²) >= 11 is 0. The first-order valence-corrected chi connectivity index (χ1v) is 8.97. The van der Waals surface area contributed by atoms with E-state index in [1.165, 1.54) is 0 Å². The summed E-state index contributed by atoms with van der Waals surface area (Å²) in [6, 6.07) is 14.9. The third-order valence-corrected chi connectivity index (χ3v) is 4.93. The summed E-state index contributed by atoms with van der Waals surface area (Å²) in [5.41, 5.74) is 2.25. The molecule has 2 heterocycles. The Kier molecular flexibility index (Phi) is 4.49. The van der Waals surface area contributed by atoms with E-state index < -0.39 is 0 Å². The van der Waals surface area contributed by atoms with Crippen molar-refractivity contribution < 1.29 is 14.3 Å². The van der Waals surface area contributed by atoms with Gasteiger partial charge in [0.1, 0.15) is 0 Å². The maximum absolute atomic E-state index is 13.0. The van der Waals surface area contributed by atoms with Gasteiger partial charge in [-0.1, -0.05) is 6.07 Å². The Hall–Kier alpha value is -3.00. The standard InChI is InChI=1S/C21H20N2O3/c22-14-15-4-6-16(7-5-15)21(24)23-10-1-3-18(23)17-8-9-19-20(13-17)26-12-2-11-25-19/h4-9,13,18H,1-3,10-12H2. The van der Waals surface area contributed by atoms with Gasteiger partial charge < -0.3 is 14.4 Å². The van der Waals surface area contributed by atoms with E-state index in [2.05, 4.69) is 6.07 Å². The van der Waals surface area contributed by atoms with Gasteiger partial charge in [-0.05, 0) is 54.8 Å². The smallest absolute Gasteiger partial charge is 0.254 e. The number of benzene rings is 2. The molecule has 4 rings (SSSR count). The average Bonchev–Trinajstić information content (AvgIpc) is 3.06. The third-order valence-electron chi connectivity index (χ3n) is 4.93. The van der Waals surface area contributed by atoms with E-state index in [0.717, 1.165) is 42.9 Å². The molecular formula is C21H20N2O3. The number of likely N-dealkylation sites (tertiary alicyclic amines) is 1. The molecule has 0 aliphatic carbocycles. The van der Waals surface area contributed by atoms with Crippen LogP contribution in [0.5, 0.6) is 11.5 Å². The number of nitrogens with zero attached hydrogens (tertiary/aromatic N) is 2. The summed E-state index contributed by atoms with van der Waals surface area (Å²) in [6.45, 7) is 2.05. The molecule has 1 atom stereocenters. The second-order valence-corrected chi connectivity index (χ2v) is 6.60. The Labute approximate surface area is 152 Å². The molecule has 1 unspecified atom stereocenters. The SMILES string of the molecule is N#Cc1ccc(C(=O)N2CCCC2c2ccc3c(c2)OCCCO3)cc1. The normalized spacial score (nSPS) is 18.9. The quantitative estimate of drug-likeness (QED) is 0.830. The fourth-order valence-electron chi connectivity index (χ4n) is 3.60. The highest BCUT2D eigenvalue weighted by Crippen LogP contribution is 2.38. The summed E-state index contributed by atoms with van der Waals surface area (Å²) in [5.74, 6) is 1.54. The highest BCUT2D eigenvalue weighted by atomic mass is 16.5. The maximum Gasteiger partial charge on any atom is 0.254 e. The summed E-state index contributed by atoms with van der Waals surface area (Å²) in [5, 5.41) is 8.92. The van der Waals surface area contributed by atoms with Gasteiger partial charge in [-0.25, -0.2) is 0 Å². The van der Waals surface area contributed by atoms with Gasteiger partial charge in [-0.2, -0.15) is 5.26 Å². The number of nitriles is 1. The van der Waals surface area contributed by atoms with Crippen molar-refractivity contribution in [3.8, 4) is 17.6 Å². The van der Waals surface area contributed by atoms with Crippen LogP contribution >= 0.6 is 0 Å². The van der Waals surface area contributed by atoms with Gasteiger partial charge in [0.25, 0.3) is 5.91 Å². The van der Waals surface area contributed by atoms with E-state index >= 15 is 0 Å². The molecule has 1 amide bonds. The van der Waals surface area contributed by atoms with Gasteiger partial charge in [0.05, 0.1) is 30.9 Å². The fourth-order valence-corrected chi connectivity index (χ4v) is 3.60. The first-order chi connectivity index (χ1) is 12.8. The van der Waals surface area contributed by atoms with E-state index in [0.29, 0.717) is 24.3 Å². The molecule has 0 bridgehead atoms. The molecule has 0 spiro atoms. The highest BCUT2D eigenvalue weighted by Gasteiger charge is 2.31. The van der Waals surface area contributed by atoms with Crippen LogP contribution in [0, 0.1) is 11.3 Å². The molecule has 1 saturated heterocycles. The van der Waals surface area contributed by atoms with Crippen LogP contribution in [-0.4, -0.2) is 30.6 Å². The first kappa shape index (κ1) is 16.5. The molecule has 1 fully saturated rings. The molecule has 26 heavy (non-hydrogen) atoms. The molecule has 2 aliphatic heterocycles. The van der Waals surface area contributed by atoms with Crippen LogP contribution in [0.15, 0.2) is 42.5 Å². The van der Waals surface area contributed by atoms with Crippen molar-refractivity contribution in [3.63, 3.8) is 0 Å². The van der Waals surface area contributed by atoms with E-state index in [-0.39, 0.29) is 11.9 Å². The van der Waals surface area contributed by atoms with E-state index in [9.17, 15) is 4.79 Å². The number of amides is 1. The van der Waals surface area contributed by atoms with Crippen molar-refractivity contribution in [1.82, 2.24) is 4.90 Å². The summed E-state index contributed by atoms with van der Waals surface area (Å²) in [7, 11) is 0. The van der Waals surface area contributed by atoms with Crippen molar-refractivity contribution in [2.24, 2.45) is 0 Å². The van der Waals surface area contributed by atoms with Gasteiger partial charge in [0, 0.05) is 18.5 Å². The first-order valence-electron chi connectivity index (χ1n) is 8.97. The molecule has 0 saturated carbocycles. The number of fused-ring (bicyclic) bond motifs is 1. The molecule has 2 aliphatic rings. The van der Waals surface area contributed by atoms with Crippen LogP contribution in [0.3, 0.4) is 0 Å². The zero-order valence-electron chi connectivity index (χ0n) is 14.5. The largest absolute Gasteiger partial charge is 0.490 e. The predicted molar refractivity (Wildman–Crippen MR) is 96.2 cm³/mol. The van der Waals surface area contributed by atoms with Crippen LogP contribution in [0.25, 0.3) is 0 Å².